The average Bonchev–Trinajstić information content (AvgIpc) is 3.70. The Morgan fingerprint density at radius 3 is 2.74 bits per heavy atom. The number of urea groups is 1. The van der Waals surface area contributed by atoms with Crippen molar-refractivity contribution in [2.24, 2.45) is 0 Å². The first-order valence-electron chi connectivity index (χ1n) is 13.3. The highest BCUT2D eigenvalue weighted by atomic mass is 16.5. The summed E-state index contributed by atoms with van der Waals surface area (Å²) in [6.45, 7) is 1.02. The molecule has 6 rings (SSSR count). The van der Waals surface area contributed by atoms with Gasteiger partial charge in [-0.15, -0.1) is 0 Å². The van der Waals surface area contributed by atoms with Crippen LogP contribution in [0.2, 0.25) is 0 Å². The van der Waals surface area contributed by atoms with E-state index in [1.54, 1.807) is 40.0 Å². The van der Waals surface area contributed by atoms with Gasteiger partial charge in [0.05, 0.1) is 36.5 Å². The number of aliphatic hydroxyl groups is 1. The zero-order valence-electron chi connectivity index (χ0n) is 22.0. The average molecular weight is 533 g/mol. The summed E-state index contributed by atoms with van der Waals surface area (Å²) < 4.78 is 9.09. The Labute approximate surface area is 225 Å². The van der Waals surface area contributed by atoms with Crippen molar-refractivity contribution < 1.29 is 19.4 Å². The number of amides is 3. The fraction of sp³-hybridized carbons (Fsp3) is 0.444. The van der Waals surface area contributed by atoms with Crippen LogP contribution in [0.25, 0.3) is 16.6 Å². The molecule has 4 aromatic rings. The van der Waals surface area contributed by atoms with Gasteiger partial charge in [-0.05, 0) is 50.3 Å². The van der Waals surface area contributed by atoms with Crippen molar-refractivity contribution in [2.75, 3.05) is 32.6 Å². The lowest BCUT2D eigenvalue weighted by atomic mass is 9.90. The molecule has 0 spiro atoms. The summed E-state index contributed by atoms with van der Waals surface area (Å²) in [7, 11) is 3.40. The van der Waals surface area contributed by atoms with Crippen LogP contribution >= 0.6 is 0 Å². The number of benzene rings is 1. The lowest BCUT2D eigenvalue weighted by molar-refractivity contribution is 0.102. The minimum atomic E-state index is -0.417. The lowest BCUT2D eigenvalue weighted by Crippen LogP contribution is -2.46. The first kappa shape index (κ1) is 25.1. The minimum Gasteiger partial charge on any atom is -0.496 e. The lowest BCUT2D eigenvalue weighted by Gasteiger charge is -2.36. The number of aliphatic hydroxyl groups excluding tert-OH is 1. The van der Waals surface area contributed by atoms with E-state index in [9.17, 15) is 14.7 Å². The van der Waals surface area contributed by atoms with Crippen molar-refractivity contribution in [3.63, 3.8) is 0 Å². The standard InChI is InChI=1S/C27H32N8O4/c1-32(27(38)33-11-9-20(36)16-33)18-5-7-19(8-6-18)34-15-17-12-21(23(39-2)13-22(17)31-34)26(37)30-25-14-28-24-4-3-10-29-35(24)25/h3-4,10,12-15,18-20,36H,5-9,11,16H2,1-2H3,(H,30,37)/t18?,19?,20-/m1/s1. The van der Waals surface area contributed by atoms with Gasteiger partial charge in [-0.3, -0.25) is 9.48 Å². The van der Waals surface area contributed by atoms with Crippen LogP contribution < -0.4 is 10.1 Å². The highest BCUT2D eigenvalue weighted by molar-refractivity contribution is 6.08. The second-order valence-corrected chi connectivity index (χ2v) is 10.4. The number of hydrogen-bond donors (Lipinski definition) is 2. The third kappa shape index (κ3) is 4.76. The van der Waals surface area contributed by atoms with Gasteiger partial charge in [0.2, 0.25) is 0 Å². The number of rotatable bonds is 5. The van der Waals surface area contributed by atoms with Gasteiger partial charge < -0.3 is 25.0 Å². The van der Waals surface area contributed by atoms with E-state index < -0.39 is 6.10 Å². The normalized spacial score (nSPS) is 21.4. The molecule has 3 amide bonds. The first-order chi connectivity index (χ1) is 18.9. The number of methoxy groups -OCH3 is 1. The van der Waals surface area contributed by atoms with E-state index in [0.717, 1.165) is 36.6 Å². The van der Waals surface area contributed by atoms with Gasteiger partial charge in [0.25, 0.3) is 5.91 Å². The molecule has 12 nitrogen and oxygen atoms in total. The third-order valence-electron chi connectivity index (χ3n) is 7.93. The Kier molecular flexibility index (Phi) is 6.55. The van der Waals surface area contributed by atoms with Crippen LogP contribution in [0.1, 0.15) is 48.5 Å². The van der Waals surface area contributed by atoms with E-state index in [4.69, 9.17) is 9.84 Å². The molecule has 0 unspecified atom stereocenters. The SMILES string of the molecule is COc1cc2nn(C3CCC(N(C)C(=O)N4CC[C@@H](O)C4)CC3)cc2cc1C(=O)Nc1cnc2cccnn12. The Morgan fingerprint density at radius 2 is 2.00 bits per heavy atom. The monoisotopic (exact) mass is 532 g/mol. The summed E-state index contributed by atoms with van der Waals surface area (Å²) in [5.74, 6) is 0.574. The molecular formula is C27H32N8O4. The van der Waals surface area contributed by atoms with Gasteiger partial charge in [-0.1, -0.05) is 0 Å². The Morgan fingerprint density at radius 1 is 1.18 bits per heavy atom. The number of aromatic nitrogens is 5. The van der Waals surface area contributed by atoms with Crippen molar-refractivity contribution in [3.8, 4) is 5.75 Å². The maximum Gasteiger partial charge on any atom is 0.320 e. The third-order valence-corrected chi connectivity index (χ3v) is 7.93. The molecule has 1 atom stereocenters. The minimum absolute atomic E-state index is 0.00237. The number of fused-ring (bicyclic) bond motifs is 2. The van der Waals surface area contributed by atoms with Crippen LogP contribution in [-0.2, 0) is 0 Å². The van der Waals surface area contributed by atoms with Crippen molar-refractivity contribution in [3.05, 3.63) is 48.4 Å². The molecule has 4 heterocycles. The number of anilines is 1. The van der Waals surface area contributed by atoms with Gasteiger partial charge >= 0.3 is 6.03 Å². The summed E-state index contributed by atoms with van der Waals surface area (Å²) >= 11 is 0. The molecule has 1 aliphatic heterocycles. The van der Waals surface area contributed by atoms with Crippen LogP contribution in [0.3, 0.4) is 0 Å². The Hall–Kier alpha value is -4.19. The molecule has 2 fully saturated rings. The van der Waals surface area contributed by atoms with Crippen LogP contribution in [0, 0.1) is 0 Å². The van der Waals surface area contributed by atoms with Crippen LogP contribution in [0.15, 0.2) is 42.9 Å². The molecular weight excluding hydrogens is 500 g/mol. The molecule has 0 radical (unpaired) electrons. The maximum absolute atomic E-state index is 13.2. The maximum atomic E-state index is 13.2. The van der Waals surface area contributed by atoms with Crippen LogP contribution in [-0.4, -0.2) is 90.6 Å². The molecule has 2 aliphatic rings. The molecule has 204 valence electrons. The molecule has 1 saturated carbocycles. The van der Waals surface area contributed by atoms with Gasteiger partial charge in [-0.2, -0.15) is 14.7 Å². The van der Waals surface area contributed by atoms with Gasteiger partial charge in [0.15, 0.2) is 11.5 Å². The van der Waals surface area contributed by atoms with E-state index in [-0.39, 0.29) is 24.0 Å². The zero-order chi connectivity index (χ0) is 27.1. The Balaban J connectivity index is 1.15. The van der Waals surface area contributed by atoms with E-state index in [2.05, 4.69) is 15.4 Å². The molecule has 0 bridgehead atoms. The zero-order valence-corrected chi connectivity index (χ0v) is 22.0. The number of hydrogen-bond acceptors (Lipinski definition) is 7. The highest BCUT2D eigenvalue weighted by Gasteiger charge is 2.32. The molecule has 39 heavy (non-hydrogen) atoms. The van der Waals surface area contributed by atoms with Crippen LogP contribution in [0.5, 0.6) is 5.75 Å². The topological polar surface area (TPSA) is 130 Å². The number of likely N-dealkylation sites (tertiary alicyclic amines) is 1. The van der Waals surface area contributed by atoms with Crippen molar-refractivity contribution in [2.45, 2.75) is 50.3 Å². The number of carbonyl (C=O) groups excluding carboxylic acids is 2. The largest absolute Gasteiger partial charge is 0.496 e. The van der Waals surface area contributed by atoms with E-state index >= 15 is 0 Å². The van der Waals surface area contributed by atoms with Gasteiger partial charge in [0, 0.05) is 50.0 Å². The fourth-order valence-electron chi connectivity index (χ4n) is 5.71. The predicted octanol–water partition coefficient (Wildman–Crippen LogP) is 2.94. The van der Waals surface area contributed by atoms with E-state index in [1.807, 2.05) is 28.9 Å². The molecule has 3 aromatic heterocycles. The quantitative estimate of drug-likeness (QED) is 0.404. The number of nitrogens with zero attached hydrogens (tertiary/aromatic N) is 7. The Bertz CT molecular complexity index is 1520. The second kappa shape index (κ2) is 10.2. The molecule has 2 N–H and O–H groups in total. The summed E-state index contributed by atoms with van der Waals surface area (Å²) in [6, 6.07) is 7.55. The highest BCUT2D eigenvalue weighted by Crippen LogP contribution is 2.33. The van der Waals surface area contributed by atoms with Crippen molar-refractivity contribution in [1.29, 1.82) is 0 Å². The van der Waals surface area contributed by atoms with E-state index in [0.29, 0.717) is 42.3 Å². The van der Waals surface area contributed by atoms with E-state index in [1.165, 1.54) is 7.11 Å². The number of imidazole rings is 1. The summed E-state index contributed by atoms with van der Waals surface area (Å²) in [6.07, 6.45) is 8.95. The molecule has 1 saturated heterocycles. The second-order valence-electron chi connectivity index (χ2n) is 10.4. The summed E-state index contributed by atoms with van der Waals surface area (Å²) in [4.78, 5) is 33.9. The summed E-state index contributed by atoms with van der Waals surface area (Å²) in [5, 5.41) is 22.6. The fourth-order valence-corrected chi connectivity index (χ4v) is 5.71. The molecule has 1 aliphatic carbocycles. The van der Waals surface area contributed by atoms with Crippen molar-refractivity contribution >= 4 is 34.3 Å². The number of ether oxygens (including phenoxy) is 1. The first-order valence-corrected chi connectivity index (χ1v) is 13.3. The smallest absolute Gasteiger partial charge is 0.320 e. The van der Waals surface area contributed by atoms with Gasteiger partial charge in [-0.25, -0.2) is 9.78 Å². The number of β-amino-alcohol motifs (C(OH)–C–C–N with tert-alkyl or cyclic N) is 1. The molecule has 1 aromatic carbocycles. The number of carbonyl (C=O) groups is 2. The number of nitrogens with one attached hydrogen (secondary N) is 1. The van der Waals surface area contributed by atoms with Crippen LogP contribution in [0.4, 0.5) is 10.6 Å². The van der Waals surface area contributed by atoms with Crippen molar-refractivity contribution in [1.82, 2.24) is 34.2 Å². The predicted molar refractivity (Wildman–Crippen MR) is 144 cm³/mol. The molecule has 12 heteroatoms. The summed E-state index contributed by atoms with van der Waals surface area (Å²) in [5.41, 5.74) is 1.78. The van der Waals surface area contributed by atoms with Gasteiger partial charge in [0.1, 0.15) is 5.75 Å².